The fourth-order valence-electron chi connectivity index (χ4n) is 3.41. The van der Waals surface area contributed by atoms with E-state index in [1.807, 2.05) is 16.9 Å². The highest BCUT2D eigenvalue weighted by Crippen LogP contribution is 2.76. The summed E-state index contributed by atoms with van der Waals surface area (Å²) < 4.78 is 1.90. The minimum absolute atomic E-state index is 0.258. The maximum Gasteiger partial charge on any atom is 0.249 e. The van der Waals surface area contributed by atoms with E-state index in [0.717, 1.165) is 17.0 Å². The van der Waals surface area contributed by atoms with Gasteiger partial charge in [0.05, 0.1) is 11.7 Å². The summed E-state index contributed by atoms with van der Waals surface area (Å²) >= 11 is 0. The van der Waals surface area contributed by atoms with E-state index in [-0.39, 0.29) is 11.8 Å². The third-order valence-corrected chi connectivity index (χ3v) is 4.78. The summed E-state index contributed by atoms with van der Waals surface area (Å²) in [6, 6.07) is 1.79. The molecule has 4 nitrogen and oxygen atoms in total. The van der Waals surface area contributed by atoms with Crippen molar-refractivity contribution in [2.24, 2.45) is 11.7 Å². The van der Waals surface area contributed by atoms with Crippen LogP contribution in [0.15, 0.2) is 18.5 Å². The molecule has 2 saturated carbocycles. The molecule has 0 bridgehead atoms. The summed E-state index contributed by atoms with van der Waals surface area (Å²) in [5.41, 5.74) is 10.0. The zero-order chi connectivity index (χ0) is 13.4. The summed E-state index contributed by atoms with van der Waals surface area (Å²) in [6.07, 6.45) is 6.40. The van der Waals surface area contributed by atoms with E-state index in [9.17, 15) is 4.79 Å². The molecule has 0 saturated heterocycles. The molecule has 0 aromatic carbocycles. The van der Waals surface area contributed by atoms with Gasteiger partial charge in [0.15, 0.2) is 0 Å². The summed E-state index contributed by atoms with van der Waals surface area (Å²) in [5.74, 6) is 0.769. The summed E-state index contributed by atoms with van der Waals surface area (Å²) in [5, 5.41) is 4.46. The Balaban J connectivity index is 2.05. The molecule has 1 amide bonds. The fourth-order valence-corrected chi connectivity index (χ4v) is 3.41. The van der Waals surface area contributed by atoms with E-state index in [4.69, 9.17) is 5.73 Å². The monoisotopic (exact) mass is 255 g/mol. The van der Waals surface area contributed by atoms with E-state index < -0.39 is 0 Å². The average Bonchev–Trinajstić information content (AvgIpc) is 3.15. The number of carbonyl (C=O) groups excluding carboxylic acids is 1. The molecule has 98 valence electrons. The number of aromatic nitrogens is 2. The number of amides is 1. The SMILES string of the molecule is CC(C)c1c(C(N)=O)ccn2ncc([C@]34C[C@@H]3C4)c12. The molecular formula is C15H17N3O. The third-order valence-electron chi connectivity index (χ3n) is 4.78. The highest BCUT2D eigenvalue weighted by Gasteiger charge is 2.71. The number of nitrogens with zero attached hydrogens (tertiary/aromatic N) is 2. The van der Waals surface area contributed by atoms with Crippen molar-refractivity contribution < 1.29 is 4.79 Å². The maximum atomic E-state index is 11.7. The number of hydrogen-bond acceptors (Lipinski definition) is 2. The number of primary amides is 1. The standard InChI is InChI=1S/C15H17N3O/c1-8(2)12-10(14(16)19)3-4-18-13(12)11(7-17-18)15-5-9(15)6-15/h3-4,7-9H,5-6H2,1-2H3,(H2,16,19)/t9-,15+. The van der Waals surface area contributed by atoms with E-state index >= 15 is 0 Å². The third kappa shape index (κ3) is 1.29. The number of rotatable bonds is 3. The lowest BCUT2D eigenvalue weighted by Gasteiger charge is -2.14. The van der Waals surface area contributed by atoms with E-state index in [1.54, 1.807) is 6.07 Å². The predicted molar refractivity (Wildman–Crippen MR) is 72.2 cm³/mol. The van der Waals surface area contributed by atoms with Gasteiger partial charge in [-0.25, -0.2) is 4.52 Å². The first-order valence-electron chi connectivity index (χ1n) is 6.85. The molecule has 4 rings (SSSR count). The summed E-state index contributed by atoms with van der Waals surface area (Å²) in [4.78, 5) is 11.7. The average molecular weight is 255 g/mol. The molecule has 0 atom stereocenters. The zero-order valence-corrected chi connectivity index (χ0v) is 11.2. The second kappa shape index (κ2) is 3.18. The van der Waals surface area contributed by atoms with Gasteiger partial charge in [-0.3, -0.25) is 4.79 Å². The summed E-state index contributed by atoms with van der Waals surface area (Å²) in [7, 11) is 0. The van der Waals surface area contributed by atoms with Crippen LogP contribution in [0.3, 0.4) is 0 Å². The molecule has 4 heteroatoms. The molecule has 2 aromatic heterocycles. The van der Waals surface area contributed by atoms with Crippen molar-refractivity contribution in [3.63, 3.8) is 0 Å². The first-order chi connectivity index (χ1) is 9.04. The first kappa shape index (κ1) is 11.0. The summed E-state index contributed by atoms with van der Waals surface area (Å²) in [6.45, 7) is 4.21. The lowest BCUT2D eigenvalue weighted by atomic mass is 9.93. The Morgan fingerprint density at radius 1 is 1.53 bits per heavy atom. The van der Waals surface area contributed by atoms with Gasteiger partial charge in [0.1, 0.15) is 0 Å². The molecule has 2 aliphatic carbocycles. The van der Waals surface area contributed by atoms with E-state index in [2.05, 4.69) is 18.9 Å². The quantitative estimate of drug-likeness (QED) is 0.914. The van der Waals surface area contributed by atoms with Crippen LogP contribution in [-0.4, -0.2) is 15.5 Å². The molecule has 2 heterocycles. The van der Waals surface area contributed by atoms with Gasteiger partial charge >= 0.3 is 0 Å². The van der Waals surface area contributed by atoms with Gasteiger partial charge in [-0.1, -0.05) is 13.8 Å². The molecule has 2 fully saturated rings. The molecule has 0 radical (unpaired) electrons. The number of hydrogen-bond donors (Lipinski definition) is 1. The lowest BCUT2D eigenvalue weighted by Crippen LogP contribution is -2.16. The molecular weight excluding hydrogens is 238 g/mol. The largest absolute Gasteiger partial charge is 0.366 e. The van der Waals surface area contributed by atoms with Gasteiger partial charge < -0.3 is 5.73 Å². The van der Waals surface area contributed by atoms with Gasteiger partial charge in [0.2, 0.25) is 5.91 Å². The van der Waals surface area contributed by atoms with Gasteiger partial charge in [0, 0.05) is 22.7 Å². The van der Waals surface area contributed by atoms with Crippen LogP contribution in [0, 0.1) is 5.92 Å². The minimum atomic E-state index is -0.348. The molecule has 0 spiro atoms. The van der Waals surface area contributed by atoms with Gasteiger partial charge in [0.25, 0.3) is 0 Å². The Hall–Kier alpha value is -1.84. The Kier molecular flexibility index (Phi) is 1.85. The van der Waals surface area contributed by atoms with Crippen LogP contribution in [-0.2, 0) is 5.41 Å². The highest BCUT2D eigenvalue weighted by atomic mass is 16.1. The maximum absolute atomic E-state index is 11.7. The molecule has 2 N–H and O–H groups in total. The van der Waals surface area contributed by atoms with Gasteiger partial charge in [-0.2, -0.15) is 5.10 Å². The van der Waals surface area contributed by atoms with Crippen LogP contribution >= 0.6 is 0 Å². The number of pyridine rings is 1. The number of fused-ring (bicyclic) bond motifs is 2. The van der Waals surface area contributed by atoms with Crippen molar-refractivity contribution in [3.8, 4) is 0 Å². The normalized spacial score (nSPS) is 27.6. The van der Waals surface area contributed by atoms with Crippen molar-refractivity contribution in [1.82, 2.24) is 9.61 Å². The molecule has 0 aliphatic heterocycles. The van der Waals surface area contributed by atoms with Gasteiger partial charge in [-0.15, -0.1) is 0 Å². The van der Waals surface area contributed by atoms with Gasteiger partial charge in [-0.05, 0) is 36.3 Å². The van der Waals surface area contributed by atoms with Crippen LogP contribution in [0.2, 0.25) is 0 Å². The topological polar surface area (TPSA) is 60.4 Å². The number of carbonyl (C=O) groups is 1. The second-order valence-electron chi connectivity index (χ2n) is 6.27. The van der Waals surface area contributed by atoms with Crippen LogP contribution < -0.4 is 5.73 Å². The molecule has 0 unspecified atom stereocenters. The minimum Gasteiger partial charge on any atom is -0.366 e. The molecule has 2 aliphatic rings. The second-order valence-corrected chi connectivity index (χ2v) is 6.27. The zero-order valence-electron chi connectivity index (χ0n) is 11.2. The van der Waals surface area contributed by atoms with Crippen molar-refractivity contribution in [3.05, 3.63) is 35.2 Å². The van der Waals surface area contributed by atoms with Crippen LogP contribution in [0.1, 0.15) is 54.1 Å². The Morgan fingerprint density at radius 3 is 2.74 bits per heavy atom. The smallest absolute Gasteiger partial charge is 0.249 e. The fraction of sp³-hybridized carbons (Fsp3) is 0.467. The van der Waals surface area contributed by atoms with Crippen molar-refractivity contribution in [1.29, 1.82) is 0 Å². The van der Waals surface area contributed by atoms with Crippen molar-refractivity contribution in [2.75, 3.05) is 0 Å². The van der Waals surface area contributed by atoms with E-state index in [0.29, 0.717) is 11.0 Å². The van der Waals surface area contributed by atoms with Crippen LogP contribution in [0.25, 0.3) is 5.52 Å². The predicted octanol–water partition coefficient (Wildman–Crippen LogP) is 2.22. The molecule has 19 heavy (non-hydrogen) atoms. The van der Waals surface area contributed by atoms with Crippen molar-refractivity contribution >= 4 is 11.4 Å². The van der Waals surface area contributed by atoms with E-state index in [1.165, 1.54) is 18.4 Å². The first-order valence-corrected chi connectivity index (χ1v) is 6.85. The number of nitrogens with two attached hydrogens (primary N) is 1. The Labute approximate surface area is 111 Å². The Bertz CT molecular complexity index is 707. The highest BCUT2D eigenvalue weighted by molar-refractivity contribution is 5.97. The van der Waals surface area contributed by atoms with Crippen LogP contribution in [0.5, 0.6) is 0 Å². The molecule has 2 aromatic rings. The van der Waals surface area contributed by atoms with Crippen molar-refractivity contribution in [2.45, 2.75) is 38.0 Å². The Morgan fingerprint density at radius 2 is 2.21 bits per heavy atom. The lowest BCUT2D eigenvalue weighted by molar-refractivity contribution is 0.0999. The van der Waals surface area contributed by atoms with Crippen LogP contribution in [0.4, 0.5) is 0 Å².